The molecular weight excluding hydrogens is 432 g/mol. The lowest BCUT2D eigenvalue weighted by Gasteiger charge is -2.17. The van der Waals surface area contributed by atoms with Crippen LogP contribution in [0.1, 0.15) is 31.4 Å². The first kappa shape index (κ1) is 19.3. The molecule has 0 N–H and O–H groups in total. The smallest absolute Gasteiger partial charge is 0.174 e. The van der Waals surface area contributed by atoms with Crippen LogP contribution < -0.4 is 9.47 Å². The molecule has 0 spiro atoms. The van der Waals surface area contributed by atoms with E-state index >= 15 is 0 Å². The van der Waals surface area contributed by atoms with E-state index in [9.17, 15) is 9.65 Å². The van der Waals surface area contributed by atoms with Crippen LogP contribution in [0.3, 0.4) is 0 Å². The topological polar surface area (TPSA) is 42.2 Å². The Morgan fingerprint density at radius 2 is 2.12 bits per heavy atom. The first-order chi connectivity index (χ1) is 12.0. The van der Waals surface area contributed by atoms with Gasteiger partial charge in [-0.1, -0.05) is 19.1 Å². The lowest BCUT2D eigenvalue weighted by atomic mass is 10.0. The van der Waals surface area contributed by atoms with Crippen molar-refractivity contribution in [2.75, 3.05) is 7.11 Å². The monoisotopic (exact) mass is 451 g/mol. The Hall–Kier alpha value is -2.07. The number of ether oxygens (including phenoxy) is 2. The first-order valence-electron chi connectivity index (χ1n) is 7.90. The van der Waals surface area contributed by atoms with Crippen molar-refractivity contribution in [3.05, 3.63) is 56.9 Å². The van der Waals surface area contributed by atoms with Crippen LogP contribution in [-0.2, 0) is 0 Å². The molecule has 0 aliphatic heterocycles. The van der Waals surface area contributed by atoms with E-state index in [1.165, 1.54) is 12.1 Å². The summed E-state index contributed by atoms with van der Waals surface area (Å²) in [6, 6.07) is 11.9. The summed E-state index contributed by atoms with van der Waals surface area (Å²) in [7, 11) is 1.58. The molecule has 0 saturated carbocycles. The molecule has 0 heterocycles. The van der Waals surface area contributed by atoms with Crippen molar-refractivity contribution in [1.82, 2.24) is 0 Å². The van der Waals surface area contributed by atoms with Crippen molar-refractivity contribution in [3.8, 4) is 17.6 Å². The van der Waals surface area contributed by atoms with Gasteiger partial charge in [0.2, 0.25) is 0 Å². The van der Waals surface area contributed by atoms with Crippen molar-refractivity contribution in [2.45, 2.75) is 26.4 Å². The van der Waals surface area contributed by atoms with Gasteiger partial charge in [0.15, 0.2) is 11.5 Å². The van der Waals surface area contributed by atoms with Gasteiger partial charge in [-0.2, -0.15) is 5.26 Å². The molecule has 0 aliphatic carbocycles. The fraction of sp³-hybridized carbons (Fsp3) is 0.250. The SMILES string of the molecule is CC[C@H](C)Oc1c(I)cc(/C=C(/C#N)c2cccc(F)c2)cc1OC. The maximum Gasteiger partial charge on any atom is 0.174 e. The van der Waals surface area contributed by atoms with E-state index in [0.29, 0.717) is 22.6 Å². The van der Waals surface area contributed by atoms with E-state index in [1.807, 2.05) is 19.1 Å². The van der Waals surface area contributed by atoms with Crippen LogP contribution >= 0.6 is 22.6 Å². The molecule has 0 fully saturated rings. The van der Waals surface area contributed by atoms with Crippen molar-refractivity contribution >= 4 is 34.2 Å². The van der Waals surface area contributed by atoms with Crippen molar-refractivity contribution in [2.24, 2.45) is 0 Å². The van der Waals surface area contributed by atoms with E-state index in [-0.39, 0.29) is 11.9 Å². The molecule has 2 aromatic carbocycles. The maximum absolute atomic E-state index is 13.4. The molecular formula is C20H19FINO2. The summed E-state index contributed by atoms with van der Waals surface area (Å²) >= 11 is 2.19. The second kappa shape index (κ2) is 8.86. The lowest BCUT2D eigenvalue weighted by molar-refractivity contribution is 0.206. The summed E-state index contributed by atoms with van der Waals surface area (Å²) in [5, 5.41) is 9.43. The standard InChI is InChI=1S/C20H19FINO2/c1-4-13(2)25-20-18(22)9-14(10-19(20)24-3)8-16(12-23)15-6-5-7-17(21)11-15/h5-11,13H,4H2,1-3H3/b16-8-/t13-/m0/s1. The molecule has 0 unspecified atom stereocenters. The van der Waals surface area contributed by atoms with Gasteiger partial charge in [0.1, 0.15) is 5.82 Å². The Labute approximate surface area is 161 Å². The number of rotatable bonds is 6. The minimum absolute atomic E-state index is 0.0748. The van der Waals surface area contributed by atoms with E-state index in [0.717, 1.165) is 15.6 Å². The summed E-state index contributed by atoms with van der Waals surface area (Å²) in [5.41, 5.74) is 1.71. The average molecular weight is 451 g/mol. The summed E-state index contributed by atoms with van der Waals surface area (Å²) in [5.74, 6) is 0.928. The molecule has 0 aromatic heterocycles. The first-order valence-corrected chi connectivity index (χ1v) is 8.98. The number of nitriles is 1. The molecule has 3 nitrogen and oxygen atoms in total. The second-order valence-corrected chi connectivity index (χ2v) is 6.71. The molecule has 0 radical (unpaired) electrons. The van der Waals surface area contributed by atoms with Gasteiger partial charge in [0, 0.05) is 0 Å². The van der Waals surface area contributed by atoms with Crippen LogP contribution in [0.5, 0.6) is 11.5 Å². The van der Waals surface area contributed by atoms with Gasteiger partial charge in [0.05, 0.1) is 28.4 Å². The highest BCUT2D eigenvalue weighted by molar-refractivity contribution is 14.1. The van der Waals surface area contributed by atoms with Crippen molar-refractivity contribution in [1.29, 1.82) is 5.26 Å². The third-order valence-corrected chi connectivity index (χ3v) is 4.51. The zero-order valence-corrected chi connectivity index (χ0v) is 16.5. The van der Waals surface area contributed by atoms with E-state index in [4.69, 9.17) is 9.47 Å². The maximum atomic E-state index is 13.4. The number of methoxy groups -OCH3 is 1. The molecule has 1 atom stereocenters. The number of hydrogen-bond acceptors (Lipinski definition) is 3. The Bertz CT molecular complexity index is 827. The second-order valence-electron chi connectivity index (χ2n) is 5.55. The Balaban J connectivity index is 2.45. The van der Waals surface area contributed by atoms with Gasteiger partial charge in [-0.3, -0.25) is 0 Å². The molecule has 0 saturated heterocycles. The zero-order chi connectivity index (χ0) is 18.4. The molecule has 0 amide bonds. The summed E-state index contributed by atoms with van der Waals surface area (Å²) in [6.07, 6.45) is 2.68. The molecule has 2 rings (SSSR count). The molecule has 2 aromatic rings. The van der Waals surface area contributed by atoms with Crippen molar-refractivity contribution < 1.29 is 13.9 Å². The summed E-state index contributed by atoms with van der Waals surface area (Å²) < 4.78 is 25.7. The minimum Gasteiger partial charge on any atom is -0.493 e. The Kier molecular flexibility index (Phi) is 6.82. The van der Waals surface area contributed by atoms with Gasteiger partial charge >= 0.3 is 0 Å². The van der Waals surface area contributed by atoms with Gasteiger partial charge in [0.25, 0.3) is 0 Å². The largest absolute Gasteiger partial charge is 0.493 e. The number of allylic oxidation sites excluding steroid dienone is 1. The van der Waals surface area contributed by atoms with Gasteiger partial charge < -0.3 is 9.47 Å². The predicted molar refractivity (Wildman–Crippen MR) is 106 cm³/mol. The predicted octanol–water partition coefficient (Wildman–Crippen LogP) is 5.68. The van der Waals surface area contributed by atoms with Gasteiger partial charge in [-0.15, -0.1) is 0 Å². The number of benzene rings is 2. The van der Waals surface area contributed by atoms with Gasteiger partial charge in [-0.05, 0) is 77.4 Å². The summed E-state index contributed by atoms with van der Waals surface area (Å²) in [4.78, 5) is 0. The molecule has 130 valence electrons. The van der Waals surface area contributed by atoms with E-state index in [2.05, 4.69) is 35.6 Å². The number of halogens is 2. The lowest BCUT2D eigenvalue weighted by Crippen LogP contribution is -2.11. The van der Waals surface area contributed by atoms with Crippen LogP contribution in [0.25, 0.3) is 11.6 Å². The molecule has 0 bridgehead atoms. The highest BCUT2D eigenvalue weighted by atomic mass is 127. The highest BCUT2D eigenvalue weighted by Crippen LogP contribution is 2.36. The van der Waals surface area contributed by atoms with Crippen LogP contribution in [0, 0.1) is 20.7 Å². The average Bonchev–Trinajstić information content (AvgIpc) is 2.61. The fourth-order valence-corrected chi connectivity index (χ4v) is 2.98. The Morgan fingerprint density at radius 1 is 1.36 bits per heavy atom. The normalized spacial score (nSPS) is 12.4. The molecule has 0 aliphatic rings. The van der Waals surface area contributed by atoms with Crippen molar-refractivity contribution in [3.63, 3.8) is 0 Å². The van der Waals surface area contributed by atoms with Crippen LogP contribution in [0.2, 0.25) is 0 Å². The van der Waals surface area contributed by atoms with E-state index < -0.39 is 0 Å². The molecule has 25 heavy (non-hydrogen) atoms. The quantitative estimate of drug-likeness (QED) is 0.323. The van der Waals surface area contributed by atoms with Gasteiger partial charge in [-0.25, -0.2) is 4.39 Å². The number of nitrogens with zero attached hydrogens (tertiary/aromatic N) is 1. The third-order valence-electron chi connectivity index (χ3n) is 3.71. The van der Waals surface area contributed by atoms with E-state index in [1.54, 1.807) is 25.3 Å². The Morgan fingerprint density at radius 3 is 2.72 bits per heavy atom. The highest BCUT2D eigenvalue weighted by Gasteiger charge is 2.14. The van der Waals surface area contributed by atoms with Crippen LogP contribution in [-0.4, -0.2) is 13.2 Å². The van der Waals surface area contributed by atoms with Crippen LogP contribution in [0.4, 0.5) is 4.39 Å². The third kappa shape index (κ3) is 4.95. The zero-order valence-electron chi connectivity index (χ0n) is 14.3. The van der Waals surface area contributed by atoms with Crippen LogP contribution in [0.15, 0.2) is 36.4 Å². The summed E-state index contributed by atoms with van der Waals surface area (Å²) in [6.45, 7) is 4.06. The number of hydrogen-bond donors (Lipinski definition) is 0. The fourth-order valence-electron chi connectivity index (χ4n) is 2.22. The minimum atomic E-state index is -0.372. The molecule has 5 heteroatoms.